The summed E-state index contributed by atoms with van der Waals surface area (Å²) in [6, 6.07) is 0. The van der Waals surface area contributed by atoms with Crippen LogP contribution in [0.3, 0.4) is 0 Å². The lowest BCUT2D eigenvalue weighted by atomic mass is 9.95. The number of primary amides is 1. The lowest BCUT2D eigenvalue weighted by Crippen LogP contribution is -2.34. The van der Waals surface area contributed by atoms with Gasteiger partial charge in [-0.05, 0) is 17.6 Å². The van der Waals surface area contributed by atoms with E-state index >= 15 is 0 Å². The molecule has 0 saturated heterocycles. The zero-order chi connectivity index (χ0) is 9.76. The van der Waals surface area contributed by atoms with Gasteiger partial charge in [-0.25, -0.2) is 0 Å². The van der Waals surface area contributed by atoms with Crippen LogP contribution in [0.4, 0.5) is 0 Å². The Morgan fingerprint density at radius 1 is 1.57 bits per heavy atom. The molecule has 1 fully saturated rings. The van der Waals surface area contributed by atoms with Crippen LogP contribution in [-0.2, 0) is 9.53 Å². The lowest BCUT2D eigenvalue weighted by Gasteiger charge is -2.25. The first kappa shape index (κ1) is 8.00. The minimum absolute atomic E-state index is 0.0463. The third-order valence-electron chi connectivity index (χ3n) is 3.24. The molecule has 72 valence electrons. The van der Waals surface area contributed by atoms with Crippen LogP contribution in [0.5, 0.6) is 0 Å². The van der Waals surface area contributed by atoms with Crippen LogP contribution in [-0.4, -0.2) is 18.6 Å². The SMILES string of the molecule is NC(=O)C12COC3C=CC=CC3=C1C2. The Morgan fingerprint density at radius 3 is 3.21 bits per heavy atom. The third-order valence-corrected chi connectivity index (χ3v) is 3.24. The highest BCUT2D eigenvalue weighted by Gasteiger charge is 2.58. The van der Waals surface area contributed by atoms with Crippen molar-refractivity contribution < 1.29 is 9.53 Å². The maximum atomic E-state index is 11.3. The molecule has 0 aromatic heterocycles. The van der Waals surface area contributed by atoms with Gasteiger partial charge in [0.15, 0.2) is 0 Å². The maximum Gasteiger partial charge on any atom is 0.230 e. The van der Waals surface area contributed by atoms with Crippen molar-refractivity contribution in [3.63, 3.8) is 0 Å². The molecule has 0 spiro atoms. The summed E-state index contributed by atoms with van der Waals surface area (Å²) in [5, 5.41) is 0. The van der Waals surface area contributed by atoms with Crippen LogP contribution >= 0.6 is 0 Å². The molecule has 2 aliphatic carbocycles. The second-order valence-electron chi connectivity index (χ2n) is 4.03. The van der Waals surface area contributed by atoms with Gasteiger partial charge >= 0.3 is 0 Å². The number of amides is 1. The molecule has 0 aromatic rings. The highest BCUT2D eigenvalue weighted by Crippen LogP contribution is 2.57. The van der Waals surface area contributed by atoms with Gasteiger partial charge < -0.3 is 10.5 Å². The fraction of sp³-hybridized carbons (Fsp3) is 0.364. The third kappa shape index (κ3) is 0.826. The van der Waals surface area contributed by atoms with Crippen LogP contribution in [0.25, 0.3) is 0 Å². The molecular formula is C11H11NO2. The van der Waals surface area contributed by atoms with Gasteiger partial charge in [0.1, 0.15) is 6.10 Å². The van der Waals surface area contributed by atoms with E-state index in [4.69, 9.17) is 10.5 Å². The molecule has 0 radical (unpaired) electrons. The summed E-state index contributed by atoms with van der Waals surface area (Å²) >= 11 is 0. The highest BCUT2D eigenvalue weighted by atomic mass is 16.5. The van der Waals surface area contributed by atoms with Gasteiger partial charge in [0.25, 0.3) is 0 Å². The number of nitrogens with two attached hydrogens (primary N) is 1. The van der Waals surface area contributed by atoms with Gasteiger partial charge in [0.2, 0.25) is 5.91 Å². The summed E-state index contributed by atoms with van der Waals surface area (Å²) in [4.78, 5) is 11.3. The van der Waals surface area contributed by atoms with Crippen molar-refractivity contribution in [2.45, 2.75) is 12.5 Å². The van der Waals surface area contributed by atoms with E-state index in [1.807, 2.05) is 24.3 Å². The first-order valence-corrected chi connectivity index (χ1v) is 4.74. The van der Waals surface area contributed by atoms with Gasteiger partial charge in [-0.2, -0.15) is 0 Å². The van der Waals surface area contributed by atoms with E-state index in [-0.39, 0.29) is 12.0 Å². The smallest absolute Gasteiger partial charge is 0.230 e. The van der Waals surface area contributed by atoms with Crippen molar-refractivity contribution >= 4 is 5.91 Å². The monoisotopic (exact) mass is 189 g/mol. The predicted molar refractivity (Wildman–Crippen MR) is 51.3 cm³/mol. The van der Waals surface area contributed by atoms with Crippen molar-refractivity contribution in [1.82, 2.24) is 0 Å². The Balaban J connectivity index is 2.06. The summed E-state index contributed by atoms with van der Waals surface area (Å²) in [7, 11) is 0. The number of hydrogen-bond donors (Lipinski definition) is 1. The molecule has 3 rings (SSSR count). The average Bonchev–Trinajstić information content (AvgIpc) is 2.94. The number of fused-ring (bicyclic) bond motifs is 2. The van der Waals surface area contributed by atoms with Gasteiger partial charge in [-0.15, -0.1) is 0 Å². The van der Waals surface area contributed by atoms with E-state index in [0.717, 1.165) is 12.0 Å². The second-order valence-corrected chi connectivity index (χ2v) is 4.03. The summed E-state index contributed by atoms with van der Waals surface area (Å²) in [6.45, 7) is 0.448. The van der Waals surface area contributed by atoms with Crippen LogP contribution in [0, 0.1) is 5.41 Å². The van der Waals surface area contributed by atoms with Crippen molar-refractivity contribution in [2.24, 2.45) is 11.1 Å². The fourth-order valence-electron chi connectivity index (χ4n) is 2.25. The number of carbonyl (C=O) groups is 1. The number of hydrogen-bond acceptors (Lipinski definition) is 2. The van der Waals surface area contributed by atoms with Crippen molar-refractivity contribution in [3.8, 4) is 0 Å². The Bertz CT molecular complexity index is 406. The van der Waals surface area contributed by atoms with E-state index < -0.39 is 5.41 Å². The highest BCUT2D eigenvalue weighted by molar-refractivity contribution is 5.91. The normalized spacial score (nSPS) is 37.9. The van der Waals surface area contributed by atoms with Gasteiger partial charge in [-0.1, -0.05) is 24.3 Å². The topological polar surface area (TPSA) is 52.3 Å². The summed E-state index contributed by atoms with van der Waals surface area (Å²) in [6.07, 6.45) is 8.79. The Kier molecular flexibility index (Phi) is 1.35. The zero-order valence-corrected chi connectivity index (χ0v) is 7.69. The molecule has 1 aliphatic heterocycles. The first-order chi connectivity index (χ1) is 6.74. The lowest BCUT2D eigenvalue weighted by molar-refractivity contribution is -0.125. The molecule has 1 saturated carbocycles. The first-order valence-electron chi connectivity index (χ1n) is 4.74. The molecule has 2 atom stereocenters. The van der Waals surface area contributed by atoms with Crippen LogP contribution in [0.1, 0.15) is 6.42 Å². The van der Waals surface area contributed by atoms with Crippen LogP contribution in [0.15, 0.2) is 35.5 Å². The standard InChI is InChI=1S/C11H11NO2/c12-10(13)11-5-8(11)7-3-1-2-4-9(7)14-6-11/h1-4,9H,5-6H2,(H2,12,13). The summed E-state index contributed by atoms with van der Waals surface area (Å²) in [5.74, 6) is -0.249. The zero-order valence-electron chi connectivity index (χ0n) is 7.69. The predicted octanol–water partition coefficient (Wildman–Crippen LogP) is 0.683. The quantitative estimate of drug-likeness (QED) is 0.659. The molecule has 2 N–H and O–H groups in total. The Labute approximate surface area is 81.9 Å². The molecule has 1 amide bonds. The number of allylic oxidation sites excluding steroid dienone is 2. The maximum absolute atomic E-state index is 11.3. The largest absolute Gasteiger partial charge is 0.369 e. The number of rotatable bonds is 1. The fourth-order valence-corrected chi connectivity index (χ4v) is 2.25. The molecule has 3 nitrogen and oxygen atoms in total. The van der Waals surface area contributed by atoms with E-state index in [9.17, 15) is 4.79 Å². The summed E-state index contributed by atoms with van der Waals surface area (Å²) < 4.78 is 5.60. The molecule has 2 unspecified atom stereocenters. The van der Waals surface area contributed by atoms with E-state index in [1.165, 1.54) is 5.57 Å². The van der Waals surface area contributed by atoms with E-state index in [1.54, 1.807) is 0 Å². The van der Waals surface area contributed by atoms with Crippen LogP contribution in [0.2, 0.25) is 0 Å². The molecular weight excluding hydrogens is 178 g/mol. The molecule has 0 aromatic carbocycles. The minimum atomic E-state index is -0.457. The van der Waals surface area contributed by atoms with Gasteiger partial charge in [0.05, 0.1) is 12.0 Å². The Morgan fingerprint density at radius 2 is 2.43 bits per heavy atom. The van der Waals surface area contributed by atoms with Crippen molar-refractivity contribution in [1.29, 1.82) is 0 Å². The molecule has 14 heavy (non-hydrogen) atoms. The van der Waals surface area contributed by atoms with E-state index in [0.29, 0.717) is 6.61 Å². The molecule has 0 bridgehead atoms. The number of carbonyl (C=O) groups excluding carboxylic acids is 1. The molecule has 1 heterocycles. The van der Waals surface area contributed by atoms with Gasteiger partial charge in [-0.3, -0.25) is 4.79 Å². The minimum Gasteiger partial charge on any atom is -0.369 e. The van der Waals surface area contributed by atoms with Crippen LogP contribution < -0.4 is 5.73 Å². The van der Waals surface area contributed by atoms with Gasteiger partial charge in [0, 0.05) is 0 Å². The second kappa shape index (κ2) is 2.36. The summed E-state index contributed by atoms with van der Waals surface area (Å²) in [5.41, 5.74) is 7.23. The van der Waals surface area contributed by atoms with Crippen molar-refractivity contribution in [2.75, 3.05) is 6.61 Å². The Hall–Kier alpha value is -1.35. The van der Waals surface area contributed by atoms with E-state index in [2.05, 4.69) is 0 Å². The number of ether oxygens (including phenoxy) is 1. The molecule has 3 aliphatic rings. The average molecular weight is 189 g/mol. The molecule has 3 heteroatoms. The van der Waals surface area contributed by atoms with Crippen molar-refractivity contribution in [3.05, 3.63) is 35.5 Å².